The van der Waals surface area contributed by atoms with Gasteiger partial charge in [0.1, 0.15) is 5.69 Å². The minimum Gasteiger partial charge on any atom is -0.240 e. The molecule has 4 heteroatoms. The van der Waals surface area contributed by atoms with Gasteiger partial charge in [0.2, 0.25) is 0 Å². The Kier molecular flexibility index (Phi) is 2.90. The van der Waals surface area contributed by atoms with Crippen LogP contribution < -0.4 is 0 Å². The van der Waals surface area contributed by atoms with Gasteiger partial charge in [-0.15, -0.1) is 11.3 Å². The maximum Gasteiger partial charge on any atom is 0.103 e. The highest BCUT2D eigenvalue weighted by Gasteiger charge is 2.05. The molecule has 0 saturated carbocycles. The zero-order valence-electron chi connectivity index (χ0n) is 10.4. The summed E-state index contributed by atoms with van der Waals surface area (Å²) < 4.78 is 1.82. The van der Waals surface area contributed by atoms with Crippen LogP contribution in [0, 0.1) is 18.3 Å². The number of hydrogen-bond acceptors (Lipinski definition) is 3. The molecule has 0 amide bonds. The van der Waals surface area contributed by atoms with Crippen LogP contribution in [0.15, 0.2) is 48.7 Å². The summed E-state index contributed by atoms with van der Waals surface area (Å²) >= 11 is 1.74. The van der Waals surface area contributed by atoms with Crippen molar-refractivity contribution in [3.63, 3.8) is 0 Å². The lowest BCUT2D eigenvalue weighted by Gasteiger charge is -2.00. The Hall–Kier alpha value is -2.38. The maximum absolute atomic E-state index is 8.78. The summed E-state index contributed by atoms with van der Waals surface area (Å²) in [6, 6.07) is 15.7. The van der Waals surface area contributed by atoms with E-state index in [2.05, 4.69) is 30.2 Å². The number of aryl methyl sites for hydroxylation is 1. The Morgan fingerprint density at radius 3 is 2.53 bits per heavy atom. The van der Waals surface area contributed by atoms with Crippen molar-refractivity contribution < 1.29 is 0 Å². The molecule has 0 radical (unpaired) electrons. The first-order valence-electron chi connectivity index (χ1n) is 5.89. The van der Waals surface area contributed by atoms with Crippen LogP contribution in [-0.2, 0) is 0 Å². The fraction of sp³-hybridized carbons (Fsp3) is 0.0667. The van der Waals surface area contributed by atoms with E-state index in [1.807, 2.05) is 29.1 Å². The van der Waals surface area contributed by atoms with Crippen LogP contribution >= 0.6 is 11.3 Å². The van der Waals surface area contributed by atoms with Crippen LogP contribution in [0.3, 0.4) is 0 Å². The van der Waals surface area contributed by atoms with Gasteiger partial charge in [-0.05, 0) is 49.4 Å². The molecule has 0 atom stereocenters. The quantitative estimate of drug-likeness (QED) is 0.707. The first-order chi connectivity index (χ1) is 9.26. The average Bonchev–Trinajstić information content (AvgIpc) is 3.07. The fourth-order valence-corrected chi connectivity index (χ4v) is 2.69. The molecule has 19 heavy (non-hydrogen) atoms. The second-order valence-corrected chi connectivity index (χ2v) is 5.50. The van der Waals surface area contributed by atoms with Crippen molar-refractivity contribution in [1.29, 1.82) is 5.26 Å². The third kappa shape index (κ3) is 2.28. The second-order valence-electron chi connectivity index (χ2n) is 4.21. The molecule has 0 saturated heterocycles. The van der Waals surface area contributed by atoms with Gasteiger partial charge in [0, 0.05) is 11.1 Å². The van der Waals surface area contributed by atoms with Gasteiger partial charge in [-0.1, -0.05) is 0 Å². The molecule has 0 bridgehead atoms. The van der Waals surface area contributed by atoms with Crippen molar-refractivity contribution in [3.05, 3.63) is 59.1 Å². The summed E-state index contributed by atoms with van der Waals surface area (Å²) in [4.78, 5) is 2.45. The highest BCUT2D eigenvalue weighted by atomic mass is 32.1. The molecule has 0 spiro atoms. The summed E-state index contributed by atoms with van der Waals surface area (Å²) in [5.41, 5.74) is 2.59. The van der Waals surface area contributed by atoms with Crippen LogP contribution in [0.4, 0.5) is 0 Å². The summed E-state index contributed by atoms with van der Waals surface area (Å²) in [5.74, 6) is 0. The third-order valence-electron chi connectivity index (χ3n) is 2.84. The highest BCUT2D eigenvalue weighted by Crippen LogP contribution is 2.26. The Bertz CT molecular complexity index is 744. The van der Waals surface area contributed by atoms with Crippen LogP contribution in [0.5, 0.6) is 0 Å². The molecule has 2 aromatic heterocycles. The lowest BCUT2D eigenvalue weighted by atomic mass is 10.2. The molecule has 2 heterocycles. The number of nitrogens with zero attached hydrogens (tertiary/aromatic N) is 3. The molecule has 3 aromatic rings. The van der Waals surface area contributed by atoms with E-state index in [0.29, 0.717) is 5.56 Å². The summed E-state index contributed by atoms with van der Waals surface area (Å²) in [6.07, 6.45) is 1.94. The molecule has 0 unspecified atom stereocenters. The molecule has 0 fully saturated rings. The van der Waals surface area contributed by atoms with Gasteiger partial charge >= 0.3 is 0 Å². The minimum absolute atomic E-state index is 0.657. The smallest absolute Gasteiger partial charge is 0.103 e. The molecule has 0 aliphatic rings. The Morgan fingerprint density at radius 2 is 1.89 bits per heavy atom. The molecule has 1 aromatic carbocycles. The lowest BCUT2D eigenvalue weighted by Crippen LogP contribution is -1.94. The first-order valence-corrected chi connectivity index (χ1v) is 6.71. The Labute approximate surface area is 115 Å². The number of rotatable bonds is 2. The Balaban J connectivity index is 1.94. The predicted molar refractivity (Wildman–Crippen MR) is 76.3 cm³/mol. The fourth-order valence-electron chi connectivity index (χ4n) is 1.86. The van der Waals surface area contributed by atoms with Gasteiger partial charge in [0.05, 0.1) is 22.2 Å². The van der Waals surface area contributed by atoms with Crippen LogP contribution in [-0.4, -0.2) is 9.78 Å². The van der Waals surface area contributed by atoms with E-state index in [1.165, 1.54) is 9.75 Å². The van der Waals surface area contributed by atoms with E-state index in [1.54, 1.807) is 23.5 Å². The van der Waals surface area contributed by atoms with E-state index in [0.717, 1.165) is 11.4 Å². The standard InChI is InChI=1S/C15H11N3S/c1-11-2-7-15(19-11)14-8-9-18(17-14)13-5-3-12(10-16)4-6-13/h2-9H,1H3. The highest BCUT2D eigenvalue weighted by molar-refractivity contribution is 7.15. The Morgan fingerprint density at radius 1 is 1.11 bits per heavy atom. The third-order valence-corrected chi connectivity index (χ3v) is 3.87. The number of nitriles is 1. The van der Waals surface area contributed by atoms with Gasteiger partial charge in [-0.3, -0.25) is 0 Å². The molecule has 0 N–H and O–H groups in total. The van der Waals surface area contributed by atoms with Gasteiger partial charge in [0.15, 0.2) is 0 Å². The first kappa shape index (κ1) is 11.7. The van der Waals surface area contributed by atoms with Crippen LogP contribution in [0.25, 0.3) is 16.3 Å². The number of hydrogen-bond donors (Lipinski definition) is 0. The summed E-state index contributed by atoms with van der Waals surface area (Å²) in [7, 11) is 0. The molecule has 0 aliphatic carbocycles. The van der Waals surface area contributed by atoms with Crippen molar-refractivity contribution in [2.24, 2.45) is 0 Å². The molecule has 3 nitrogen and oxygen atoms in total. The normalized spacial score (nSPS) is 10.3. The minimum atomic E-state index is 0.657. The zero-order valence-corrected chi connectivity index (χ0v) is 11.2. The SMILES string of the molecule is Cc1ccc(-c2ccn(-c3ccc(C#N)cc3)n2)s1. The largest absolute Gasteiger partial charge is 0.240 e. The van der Waals surface area contributed by atoms with Crippen LogP contribution in [0.2, 0.25) is 0 Å². The van der Waals surface area contributed by atoms with Gasteiger partial charge in [-0.2, -0.15) is 10.4 Å². The maximum atomic E-state index is 8.78. The molecule has 0 aliphatic heterocycles. The number of benzene rings is 1. The van der Waals surface area contributed by atoms with E-state index < -0.39 is 0 Å². The number of aromatic nitrogens is 2. The van der Waals surface area contributed by atoms with Crippen molar-refractivity contribution >= 4 is 11.3 Å². The van der Waals surface area contributed by atoms with Gasteiger partial charge in [-0.25, -0.2) is 4.68 Å². The van der Waals surface area contributed by atoms with Crippen LogP contribution in [0.1, 0.15) is 10.4 Å². The monoisotopic (exact) mass is 265 g/mol. The second kappa shape index (κ2) is 4.71. The van der Waals surface area contributed by atoms with E-state index in [4.69, 9.17) is 5.26 Å². The summed E-state index contributed by atoms with van der Waals surface area (Å²) in [5, 5.41) is 13.3. The van der Waals surface area contributed by atoms with Crippen molar-refractivity contribution in [1.82, 2.24) is 9.78 Å². The van der Waals surface area contributed by atoms with Crippen molar-refractivity contribution in [2.75, 3.05) is 0 Å². The molecule has 92 valence electrons. The lowest BCUT2D eigenvalue weighted by molar-refractivity contribution is 0.885. The van der Waals surface area contributed by atoms with E-state index in [-0.39, 0.29) is 0 Å². The topological polar surface area (TPSA) is 41.6 Å². The van der Waals surface area contributed by atoms with Crippen molar-refractivity contribution in [2.45, 2.75) is 6.92 Å². The predicted octanol–water partition coefficient (Wildman–Crippen LogP) is 3.78. The molecule has 3 rings (SSSR count). The van der Waals surface area contributed by atoms with Crippen molar-refractivity contribution in [3.8, 4) is 22.3 Å². The van der Waals surface area contributed by atoms with Gasteiger partial charge < -0.3 is 0 Å². The van der Waals surface area contributed by atoms with Gasteiger partial charge in [0.25, 0.3) is 0 Å². The number of thiophene rings is 1. The van der Waals surface area contributed by atoms with E-state index >= 15 is 0 Å². The summed E-state index contributed by atoms with van der Waals surface area (Å²) in [6.45, 7) is 2.09. The van der Waals surface area contributed by atoms with E-state index in [9.17, 15) is 0 Å². The molecular formula is C15H11N3S. The average molecular weight is 265 g/mol. The molecular weight excluding hydrogens is 254 g/mol. The zero-order chi connectivity index (χ0) is 13.2.